The Morgan fingerprint density at radius 2 is 2.11 bits per heavy atom. The highest BCUT2D eigenvalue weighted by molar-refractivity contribution is 5.94. The summed E-state index contributed by atoms with van der Waals surface area (Å²) in [4.78, 5) is 12.3. The molecule has 2 aliphatic carbocycles. The van der Waals surface area contributed by atoms with E-state index in [1.165, 1.54) is 0 Å². The van der Waals surface area contributed by atoms with Crippen molar-refractivity contribution in [1.82, 2.24) is 0 Å². The fourth-order valence-electron chi connectivity index (χ4n) is 3.22. The lowest BCUT2D eigenvalue weighted by Gasteiger charge is -2.25. The van der Waals surface area contributed by atoms with Crippen LogP contribution in [0.2, 0.25) is 0 Å². The minimum atomic E-state index is -0.519. The molecule has 100 valence electrons. The predicted octanol–water partition coefficient (Wildman–Crippen LogP) is 2.36. The number of amides is 1. The number of hydrogen-bond acceptors (Lipinski definition) is 2. The molecule has 3 rings (SSSR count). The van der Waals surface area contributed by atoms with Crippen LogP contribution in [0.4, 0.5) is 10.2 Å². The molecule has 0 aromatic heterocycles. The first-order valence-electron chi connectivity index (χ1n) is 6.58. The van der Waals surface area contributed by atoms with Crippen molar-refractivity contribution < 1.29 is 9.28 Å². The van der Waals surface area contributed by atoms with Gasteiger partial charge >= 0.3 is 0 Å². The average molecular weight is 260 g/mol. The van der Waals surface area contributed by atoms with Crippen LogP contribution in [0, 0.1) is 24.7 Å². The number of nitrogens with two attached hydrogens (primary N) is 1. The summed E-state index contributed by atoms with van der Waals surface area (Å²) in [5.74, 6) is -0.629. The zero-order chi connectivity index (χ0) is 13.6. The second kappa shape index (κ2) is 4.46. The molecule has 2 bridgehead atoms. The zero-order valence-corrected chi connectivity index (χ0v) is 10.8. The van der Waals surface area contributed by atoms with Gasteiger partial charge in [0.1, 0.15) is 0 Å². The lowest BCUT2D eigenvalue weighted by Crippen LogP contribution is -2.43. The number of anilines is 1. The number of rotatable bonds is 2. The number of allylic oxidation sites excluding steroid dienone is 1. The molecule has 1 aromatic carbocycles. The molecule has 1 fully saturated rings. The normalized spacial score (nSPS) is 31.7. The number of benzene rings is 1. The van der Waals surface area contributed by atoms with Crippen molar-refractivity contribution in [1.29, 1.82) is 0 Å². The monoisotopic (exact) mass is 260 g/mol. The maximum atomic E-state index is 14.3. The maximum absolute atomic E-state index is 14.3. The first kappa shape index (κ1) is 12.4. The third-order valence-corrected chi connectivity index (χ3v) is 4.23. The van der Waals surface area contributed by atoms with Gasteiger partial charge in [0.05, 0.1) is 11.6 Å². The standard InChI is InChI=1S/C15H17FN2O/c1-9-3-2-4-12(7-9)18(16)15(19)13-10-5-6-11(8-10)14(13)17/h2-7,10-11,13-14H,8,17H2,1H3/t10-,11+,13+,14-/m1/s1. The quantitative estimate of drug-likeness (QED) is 0.655. The molecule has 0 unspecified atom stereocenters. The first-order valence-corrected chi connectivity index (χ1v) is 6.58. The number of nitrogens with zero attached hydrogens (tertiary/aromatic N) is 1. The Labute approximate surface area is 111 Å². The molecule has 0 aliphatic heterocycles. The number of hydrogen-bond donors (Lipinski definition) is 1. The van der Waals surface area contributed by atoms with E-state index >= 15 is 0 Å². The van der Waals surface area contributed by atoms with Gasteiger partial charge in [0, 0.05) is 6.04 Å². The number of carbonyl (C=O) groups is 1. The van der Waals surface area contributed by atoms with Crippen LogP contribution in [0.15, 0.2) is 36.4 Å². The van der Waals surface area contributed by atoms with E-state index in [0.717, 1.165) is 12.0 Å². The molecule has 0 spiro atoms. The van der Waals surface area contributed by atoms with Gasteiger partial charge < -0.3 is 5.73 Å². The second-order valence-corrected chi connectivity index (χ2v) is 5.51. The van der Waals surface area contributed by atoms with Crippen LogP contribution in [0.3, 0.4) is 0 Å². The molecule has 3 nitrogen and oxygen atoms in total. The third-order valence-electron chi connectivity index (χ3n) is 4.23. The van der Waals surface area contributed by atoms with E-state index < -0.39 is 11.8 Å². The maximum Gasteiger partial charge on any atom is 0.260 e. The predicted molar refractivity (Wildman–Crippen MR) is 72.0 cm³/mol. The van der Waals surface area contributed by atoms with E-state index in [-0.39, 0.29) is 28.7 Å². The molecule has 1 aromatic rings. The van der Waals surface area contributed by atoms with E-state index in [0.29, 0.717) is 0 Å². The van der Waals surface area contributed by atoms with Crippen LogP contribution in [-0.2, 0) is 4.79 Å². The number of halogens is 1. The van der Waals surface area contributed by atoms with Gasteiger partial charge in [-0.25, -0.2) is 0 Å². The van der Waals surface area contributed by atoms with Crippen LogP contribution >= 0.6 is 0 Å². The van der Waals surface area contributed by atoms with Crippen LogP contribution in [0.25, 0.3) is 0 Å². The average Bonchev–Trinajstić information content (AvgIpc) is 2.98. The van der Waals surface area contributed by atoms with Crippen molar-refractivity contribution >= 4 is 11.6 Å². The van der Waals surface area contributed by atoms with Gasteiger partial charge in [-0.3, -0.25) is 4.79 Å². The number of fused-ring (bicyclic) bond motifs is 2. The Morgan fingerprint density at radius 3 is 2.74 bits per heavy atom. The van der Waals surface area contributed by atoms with Gasteiger partial charge in [-0.1, -0.05) is 28.8 Å². The highest BCUT2D eigenvalue weighted by Gasteiger charge is 2.48. The second-order valence-electron chi connectivity index (χ2n) is 5.51. The summed E-state index contributed by atoms with van der Waals surface area (Å²) in [6, 6.07) is 6.61. The van der Waals surface area contributed by atoms with Crippen LogP contribution in [0.1, 0.15) is 12.0 Å². The van der Waals surface area contributed by atoms with Gasteiger partial charge in [0.2, 0.25) is 0 Å². The summed E-state index contributed by atoms with van der Waals surface area (Å²) in [5, 5.41) is 0.256. The summed E-state index contributed by atoms with van der Waals surface area (Å²) < 4.78 is 14.3. The van der Waals surface area contributed by atoms with Crippen molar-refractivity contribution in [2.24, 2.45) is 23.5 Å². The van der Waals surface area contributed by atoms with Crippen molar-refractivity contribution in [2.75, 3.05) is 5.12 Å². The van der Waals surface area contributed by atoms with E-state index in [1.807, 2.05) is 25.1 Å². The summed E-state index contributed by atoms with van der Waals surface area (Å²) in [6.07, 6.45) is 4.92. The van der Waals surface area contributed by atoms with E-state index in [2.05, 4.69) is 0 Å². The smallest absolute Gasteiger partial charge is 0.260 e. The fourth-order valence-corrected chi connectivity index (χ4v) is 3.22. The molecule has 1 saturated carbocycles. The molecule has 0 saturated heterocycles. The van der Waals surface area contributed by atoms with Crippen LogP contribution in [0.5, 0.6) is 0 Å². The third kappa shape index (κ3) is 1.96. The number of aryl methyl sites for hydroxylation is 1. The van der Waals surface area contributed by atoms with Gasteiger partial charge in [-0.05, 0) is 42.9 Å². The van der Waals surface area contributed by atoms with Crippen molar-refractivity contribution in [3.63, 3.8) is 0 Å². The first-order chi connectivity index (χ1) is 9.08. The Hall–Kier alpha value is -1.68. The van der Waals surface area contributed by atoms with Gasteiger partial charge in [0.25, 0.3) is 5.91 Å². The summed E-state index contributed by atoms with van der Waals surface area (Å²) in [7, 11) is 0. The molecular formula is C15H17FN2O. The fraction of sp³-hybridized carbons (Fsp3) is 0.400. The molecule has 2 N–H and O–H groups in total. The molecule has 0 heterocycles. The number of carbonyl (C=O) groups excluding carboxylic acids is 1. The lowest BCUT2D eigenvalue weighted by atomic mass is 9.88. The van der Waals surface area contributed by atoms with Crippen LogP contribution < -0.4 is 10.9 Å². The Balaban J connectivity index is 1.83. The highest BCUT2D eigenvalue weighted by Crippen LogP contribution is 2.43. The Morgan fingerprint density at radius 1 is 1.37 bits per heavy atom. The summed E-state index contributed by atoms with van der Waals surface area (Å²) in [6.45, 7) is 1.87. The SMILES string of the molecule is Cc1cccc(N(F)C(=O)[C@@H]2[C@H](N)[C@H]3C=C[C@@H]2C3)c1. The topological polar surface area (TPSA) is 46.3 Å². The van der Waals surface area contributed by atoms with Gasteiger partial charge in [-0.2, -0.15) is 0 Å². The van der Waals surface area contributed by atoms with E-state index in [9.17, 15) is 9.28 Å². The molecule has 1 amide bonds. The molecule has 0 radical (unpaired) electrons. The summed E-state index contributed by atoms with van der Waals surface area (Å²) >= 11 is 0. The highest BCUT2D eigenvalue weighted by atomic mass is 19.2. The van der Waals surface area contributed by atoms with Crippen molar-refractivity contribution in [3.8, 4) is 0 Å². The molecule has 19 heavy (non-hydrogen) atoms. The van der Waals surface area contributed by atoms with E-state index in [1.54, 1.807) is 18.2 Å². The minimum Gasteiger partial charge on any atom is -0.326 e. The van der Waals surface area contributed by atoms with Crippen molar-refractivity contribution in [3.05, 3.63) is 42.0 Å². The molecule has 4 atom stereocenters. The van der Waals surface area contributed by atoms with E-state index in [4.69, 9.17) is 5.73 Å². The molecule has 4 heteroatoms. The zero-order valence-electron chi connectivity index (χ0n) is 10.8. The Kier molecular flexibility index (Phi) is 2.90. The van der Waals surface area contributed by atoms with Gasteiger partial charge in [-0.15, -0.1) is 5.12 Å². The minimum absolute atomic E-state index is 0.0931. The molecular weight excluding hydrogens is 243 g/mol. The Bertz CT molecular complexity index is 543. The largest absolute Gasteiger partial charge is 0.326 e. The summed E-state index contributed by atoms with van der Waals surface area (Å²) in [5.41, 5.74) is 7.25. The van der Waals surface area contributed by atoms with Crippen molar-refractivity contribution in [2.45, 2.75) is 19.4 Å². The van der Waals surface area contributed by atoms with Gasteiger partial charge in [0.15, 0.2) is 0 Å². The van der Waals surface area contributed by atoms with Crippen LogP contribution in [-0.4, -0.2) is 11.9 Å². The molecule has 2 aliphatic rings. The lowest BCUT2D eigenvalue weighted by molar-refractivity contribution is -0.126.